The van der Waals surface area contributed by atoms with Gasteiger partial charge in [-0.05, 0) is 25.5 Å². The monoisotopic (exact) mass is 352 g/mol. The quantitative estimate of drug-likeness (QED) is 0.736. The van der Waals surface area contributed by atoms with E-state index >= 15 is 0 Å². The van der Waals surface area contributed by atoms with Crippen LogP contribution in [0.4, 0.5) is 0 Å². The summed E-state index contributed by atoms with van der Waals surface area (Å²) in [6.07, 6.45) is 1.45. The number of esters is 1. The van der Waals surface area contributed by atoms with Gasteiger partial charge in [-0.25, -0.2) is 0 Å². The number of halogens is 1. The summed E-state index contributed by atoms with van der Waals surface area (Å²) in [5.74, 6) is -0.0516. The molecule has 21 heavy (non-hydrogen) atoms. The molecule has 0 amide bonds. The van der Waals surface area contributed by atoms with Gasteiger partial charge in [0, 0.05) is 10.0 Å². The Morgan fingerprint density at radius 1 is 1.38 bits per heavy atom. The molecule has 6 heteroatoms. The van der Waals surface area contributed by atoms with Crippen molar-refractivity contribution in [2.24, 2.45) is 0 Å². The van der Waals surface area contributed by atoms with Crippen LogP contribution in [0.3, 0.4) is 0 Å². The number of benzene rings is 1. The van der Waals surface area contributed by atoms with Crippen LogP contribution in [0.5, 0.6) is 0 Å². The van der Waals surface area contributed by atoms with Crippen LogP contribution in [-0.2, 0) is 9.53 Å². The lowest BCUT2D eigenvalue weighted by Gasteiger charge is -2.09. The number of rotatable bonds is 6. The lowest BCUT2D eigenvalue weighted by Crippen LogP contribution is -2.16. The van der Waals surface area contributed by atoms with Gasteiger partial charge >= 0.3 is 5.97 Å². The maximum absolute atomic E-state index is 12.0. The average molecular weight is 353 g/mol. The molecule has 0 spiro atoms. The summed E-state index contributed by atoms with van der Waals surface area (Å²) in [4.78, 5) is 16.3. The van der Waals surface area contributed by atoms with Gasteiger partial charge in [-0.3, -0.25) is 4.79 Å². The molecule has 0 aliphatic carbocycles. The molecule has 0 radical (unpaired) electrons. The van der Waals surface area contributed by atoms with Gasteiger partial charge in [-0.15, -0.1) is 0 Å². The normalized spacial score (nSPS) is 12.1. The van der Waals surface area contributed by atoms with Crippen molar-refractivity contribution >= 4 is 21.9 Å². The summed E-state index contributed by atoms with van der Waals surface area (Å²) in [6, 6.07) is 7.59. The Morgan fingerprint density at radius 2 is 2.14 bits per heavy atom. The summed E-state index contributed by atoms with van der Waals surface area (Å²) in [7, 11) is 0. The summed E-state index contributed by atoms with van der Waals surface area (Å²) in [5.41, 5.74) is 0.826. The molecule has 1 aromatic carbocycles. The standard InChI is InChI=1S/C15H17BrN2O3/c1-3-7-11(15(19)20-4-2)14-17-13(18-21-14)10-8-5-6-9-12(10)16/h5-6,8-9,11H,3-4,7H2,1-2H3. The van der Waals surface area contributed by atoms with Gasteiger partial charge in [-0.2, -0.15) is 4.98 Å². The fraction of sp³-hybridized carbons (Fsp3) is 0.400. The van der Waals surface area contributed by atoms with Crippen LogP contribution in [0.2, 0.25) is 0 Å². The molecule has 0 fully saturated rings. The van der Waals surface area contributed by atoms with Gasteiger partial charge < -0.3 is 9.26 Å². The molecule has 2 rings (SSSR count). The summed E-state index contributed by atoms with van der Waals surface area (Å²) < 4.78 is 11.2. The van der Waals surface area contributed by atoms with E-state index in [2.05, 4.69) is 26.1 Å². The highest BCUT2D eigenvalue weighted by atomic mass is 79.9. The smallest absolute Gasteiger partial charge is 0.318 e. The van der Waals surface area contributed by atoms with E-state index in [1.165, 1.54) is 0 Å². The fourth-order valence-corrected chi connectivity index (χ4v) is 2.46. The van der Waals surface area contributed by atoms with Crippen LogP contribution < -0.4 is 0 Å². The third kappa shape index (κ3) is 3.69. The highest BCUT2D eigenvalue weighted by Gasteiger charge is 2.27. The highest BCUT2D eigenvalue weighted by molar-refractivity contribution is 9.10. The molecular weight excluding hydrogens is 336 g/mol. The number of hydrogen-bond acceptors (Lipinski definition) is 5. The summed E-state index contributed by atoms with van der Waals surface area (Å²) in [5, 5.41) is 3.97. The molecule has 0 bridgehead atoms. The molecule has 1 heterocycles. The third-order valence-electron chi connectivity index (χ3n) is 3.00. The first-order valence-electron chi connectivity index (χ1n) is 6.92. The molecule has 0 saturated carbocycles. The van der Waals surface area contributed by atoms with E-state index in [9.17, 15) is 4.79 Å². The van der Waals surface area contributed by atoms with Gasteiger partial charge in [0.1, 0.15) is 5.92 Å². The van der Waals surface area contributed by atoms with Crippen LogP contribution >= 0.6 is 15.9 Å². The second-order valence-corrected chi connectivity index (χ2v) is 5.38. The van der Waals surface area contributed by atoms with Crippen molar-refractivity contribution in [1.29, 1.82) is 0 Å². The maximum atomic E-state index is 12.0. The van der Waals surface area contributed by atoms with E-state index in [0.29, 0.717) is 24.7 Å². The number of carbonyl (C=O) groups excluding carboxylic acids is 1. The maximum Gasteiger partial charge on any atom is 0.318 e. The zero-order valence-corrected chi connectivity index (χ0v) is 13.6. The SMILES string of the molecule is CCCC(C(=O)OCC)c1nc(-c2ccccc2Br)no1. The predicted octanol–water partition coefficient (Wildman–Crippen LogP) is 3.95. The van der Waals surface area contributed by atoms with Crippen LogP contribution in [0.15, 0.2) is 33.3 Å². The number of hydrogen-bond donors (Lipinski definition) is 0. The molecule has 1 atom stereocenters. The summed E-state index contributed by atoms with van der Waals surface area (Å²) in [6.45, 7) is 4.11. The Balaban J connectivity index is 2.28. The Kier molecular flexibility index (Phi) is 5.50. The number of aromatic nitrogens is 2. The molecule has 1 unspecified atom stereocenters. The second-order valence-electron chi connectivity index (χ2n) is 4.53. The molecule has 2 aromatic rings. The van der Waals surface area contributed by atoms with Crippen LogP contribution in [-0.4, -0.2) is 22.7 Å². The third-order valence-corrected chi connectivity index (χ3v) is 3.69. The molecule has 0 aliphatic rings. The van der Waals surface area contributed by atoms with Crippen molar-refractivity contribution in [3.8, 4) is 11.4 Å². The lowest BCUT2D eigenvalue weighted by molar-refractivity contribution is -0.145. The van der Waals surface area contributed by atoms with Gasteiger partial charge in [-0.1, -0.05) is 46.6 Å². The van der Waals surface area contributed by atoms with Gasteiger partial charge in [0.2, 0.25) is 11.7 Å². The van der Waals surface area contributed by atoms with E-state index in [1.54, 1.807) is 6.92 Å². The highest BCUT2D eigenvalue weighted by Crippen LogP contribution is 2.28. The number of nitrogens with zero attached hydrogens (tertiary/aromatic N) is 2. The largest absolute Gasteiger partial charge is 0.465 e. The van der Waals surface area contributed by atoms with Crippen LogP contribution in [0, 0.1) is 0 Å². The van der Waals surface area contributed by atoms with Crippen LogP contribution in [0.25, 0.3) is 11.4 Å². The molecular formula is C15H17BrN2O3. The first-order valence-corrected chi connectivity index (χ1v) is 7.71. The first kappa shape index (κ1) is 15.7. The Labute approximate surface area is 131 Å². The average Bonchev–Trinajstić information content (AvgIpc) is 2.94. The van der Waals surface area contributed by atoms with Crippen LogP contribution in [0.1, 0.15) is 38.5 Å². The van der Waals surface area contributed by atoms with E-state index in [1.807, 2.05) is 31.2 Å². The first-order chi connectivity index (χ1) is 10.2. The number of ether oxygens (including phenoxy) is 1. The van der Waals surface area contributed by atoms with Crippen molar-refractivity contribution in [3.63, 3.8) is 0 Å². The second kappa shape index (κ2) is 7.36. The van der Waals surface area contributed by atoms with Crippen molar-refractivity contribution in [2.45, 2.75) is 32.6 Å². The summed E-state index contributed by atoms with van der Waals surface area (Å²) >= 11 is 3.45. The van der Waals surface area contributed by atoms with Gasteiger partial charge in [0.25, 0.3) is 0 Å². The van der Waals surface area contributed by atoms with Crippen molar-refractivity contribution in [3.05, 3.63) is 34.6 Å². The van der Waals surface area contributed by atoms with Gasteiger partial charge in [0.15, 0.2) is 0 Å². The topological polar surface area (TPSA) is 65.2 Å². The minimum absolute atomic E-state index is 0.307. The zero-order valence-electron chi connectivity index (χ0n) is 12.0. The molecule has 5 nitrogen and oxygen atoms in total. The molecule has 0 aliphatic heterocycles. The molecule has 0 saturated heterocycles. The Bertz CT molecular complexity index is 612. The Hall–Kier alpha value is -1.69. The molecule has 112 valence electrons. The van der Waals surface area contributed by atoms with E-state index in [0.717, 1.165) is 16.5 Å². The van der Waals surface area contributed by atoms with Crippen molar-refractivity contribution in [2.75, 3.05) is 6.61 Å². The fourth-order valence-electron chi connectivity index (χ4n) is 2.00. The zero-order chi connectivity index (χ0) is 15.2. The van der Waals surface area contributed by atoms with E-state index in [4.69, 9.17) is 9.26 Å². The van der Waals surface area contributed by atoms with E-state index < -0.39 is 5.92 Å². The minimum atomic E-state index is -0.501. The van der Waals surface area contributed by atoms with Crippen molar-refractivity contribution in [1.82, 2.24) is 10.1 Å². The molecule has 0 N–H and O–H groups in total. The minimum Gasteiger partial charge on any atom is -0.465 e. The predicted molar refractivity (Wildman–Crippen MR) is 81.7 cm³/mol. The van der Waals surface area contributed by atoms with Gasteiger partial charge in [0.05, 0.1) is 6.61 Å². The van der Waals surface area contributed by atoms with E-state index in [-0.39, 0.29) is 5.97 Å². The Morgan fingerprint density at radius 3 is 2.81 bits per heavy atom. The molecule has 1 aromatic heterocycles. The van der Waals surface area contributed by atoms with Crippen molar-refractivity contribution < 1.29 is 14.1 Å². The number of carbonyl (C=O) groups is 1. The lowest BCUT2D eigenvalue weighted by atomic mass is 10.0.